The van der Waals surface area contributed by atoms with Crippen LogP contribution in [-0.4, -0.2) is 41.7 Å². The predicted molar refractivity (Wildman–Crippen MR) is 50.0 cm³/mol. The minimum atomic E-state index is -0.395. The number of aliphatic hydroxyl groups excluding tert-OH is 1. The third-order valence-corrected chi connectivity index (χ3v) is 2.52. The first-order valence-electron chi connectivity index (χ1n) is 4.80. The summed E-state index contributed by atoms with van der Waals surface area (Å²) in [5.74, 6) is 0.494. The first-order chi connectivity index (χ1) is 6.15. The van der Waals surface area contributed by atoms with Crippen LogP contribution in [0.2, 0.25) is 0 Å². The lowest BCUT2D eigenvalue weighted by atomic mass is 10.1. The van der Waals surface area contributed by atoms with Crippen LogP contribution in [-0.2, 0) is 4.79 Å². The lowest BCUT2D eigenvalue weighted by Gasteiger charge is -2.18. The van der Waals surface area contributed by atoms with Crippen molar-refractivity contribution in [2.45, 2.75) is 25.8 Å². The van der Waals surface area contributed by atoms with Crippen LogP contribution < -0.4 is 5.73 Å². The molecule has 0 radical (unpaired) electrons. The molecule has 4 nitrogen and oxygen atoms in total. The van der Waals surface area contributed by atoms with E-state index in [0.717, 1.165) is 25.9 Å². The predicted octanol–water partition coefficient (Wildman–Crippen LogP) is -0.435. The van der Waals surface area contributed by atoms with Gasteiger partial charge < -0.3 is 15.7 Å². The average molecular weight is 186 g/mol. The highest BCUT2D eigenvalue weighted by atomic mass is 16.3. The zero-order valence-corrected chi connectivity index (χ0v) is 8.07. The molecule has 1 amide bonds. The summed E-state index contributed by atoms with van der Waals surface area (Å²) in [5.41, 5.74) is 5.49. The molecule has 0 aromatic rings. The fourth-order valence-electron chi connectivity index (χ4n) is 1.74. The van der Waals surface area contributed by atoms with E-state index in [2.05, 4.69) is 0 Å². The van der Waals surface area contributed by atoms with Gasteiger partial charge in [0.1, 0.15) is 0 Å². The first-order valence-corrected chi connectivity index (χ1v) is 4.80. The molecular weight excluding hydrogens is 168 g/mol. The van der Waals surface area contributed by atoms with E-state index >= 15 is 0 Å². The molecule has 1 fully saturated rings. The van der Waals surface area contributed by atoms with Crippen molar-refractivity contribution in [1.29, 1.82) is 0 Å². The fourth-order valence-corrected chi connectivity index (χ4v) is 1.74. The molecule has 0 aromatic carbocycles. The SMILES string of the molecule is CC(N)C(=O)N1CCC(CCO)C1. The molecule has 76 valence electrons. The average Bonchev–Trinajstić information content (AvgIpc) is 2.52. The molecule has 4 heteroatoms. The molecule has 2 atom stereocenters. The summed E-state index contributed by atoms with van der Waals surface area (Å²) < 4.78 is 0. The van der Waals surface area contributed by atoms with Gasteiger partial charge in [-0.2, -0.15) is 0 Å². The Hall–Kier alpha value is -0.610. The molecule has 0 saturated carbocycles. The Balaban J connectivity index is 2.36. The normalized spacial score (nSPS) is 24.8. The lowest BCUT2D eigenvalue weighted by Crippen LogP contribution is -2.40. The molecule has 0 aromatic heterocycles. The summed E-state index contributed by atoms with van der Waals surface area (Å²) in [6.45, 7) is 3.48. The van der Waals surface area contributed by atoms with Crippen LogP contribution in [0.1, 0.15) is 19.8 Å². The van der Waals surface area contributed by atoms with Crippen LogP contribution in [0, 0.1) is 5.92 Å². The van der Waals surface area contributed by atoms with Crippen LogP contribution in [0.3, 0.4) is 0 Å². The summed E-state index contributed by atoms with van der Waals surface area (Å²) in [6, 6.07) is -0.395. The quantitative estimate of drug-likeness (QED) is 0.628. The molecule has 1 heterocycles. The van der Waals surface area contributed by atoms with Gasteiger partial charge in [0.05, 0.1) is 6.04 Å². The van der Waals surface area contributed by atoms with E-state index in [1.807, 2.05) is 0 Å². The Labute approximate surface area is 78.7 Å². The number of rotatable bonds is 3. The van der Waals surface area contributed by atoms with E-state index in [4.69, 9.17) is 10.8 Å². The van der Waals surface area contributed by atoms with Crippen molar-refractivity contribution in [3.8, 4) is 0 Å². The van der Waals surface area contributed by atoms with Crippen molar-refractivity contribution < 1.29 is 9.90 Å². The second-order valence-corrected chi connectivity index (χ2v) is 3.74. The minimum Gasteiger partial charge on any atom is -0.396 e. The molecule has 0 spiro atoms. The van der Waals surface area contributed by atoms with E-state index in [1.165, 1.54) is 0 Å². The standard InChI is InChI=1S/C9H18N2O2/c1-7(10)9(13)11-4-2-8(6-11)3-5-12/h7-8,12H,2-6,10H2,1H3. The molecule has 0 aliphatic carbocycles. The summed E-state index contributed by atoms with van der Waals surface area (Å²) in [4.78, 5) is 13.2. The Morgan fingerprint density at radius 2 is 2.46 bits per heavy atom. The largest absolute Gasteiger partial charge is 0.396 e. The van der Waals surface area contributed by atoms with Crippen LogP contribution >= 0.6 is 0 Å². The Kier molecular flexibility index (Phi) is 3.69. The number of nitrogens with two attached hydrogens (primary N) is 1. The molecule has 1 aliphatic rings. The fraction of sp³-hybridized carbons (Fsp3) is 0.889. The van der Waals surface area contributed by atoms with Gasteiger partial charge in [-0.15, -0.1) is 0 Å². The van der Waals surface area contributed by atoms with E-state index in [-0.39, 0.29) is 12.5 Å². The zero-order valence-electron chi connectivity index (χ0n) is 8.07. The molecule has 1 saturated heterocycles. The van der Waals surface area contributed by atoms with Crippen molar-refractivity contribution in [2.75, 3.05) is 19.7 Å². The summed E-state index contributed by atoms with van der Waals surface area (Å²) in [7, 11) is 0. The molecule has 13 heavy (non-hydrogen) atoms. The van der Waals surface area contributed by atoms with Gasteiger partial charge in [-0.1, -0.05) is 0 Å². The Morgan fingerprint density at radius 3 is 3.00 bits per heavy atom. The molecule has 1 aliphatic heterocycles. The van der Waals surface area contributed by atoms with Crippen LogP contribution in [0.5, 0.6) is 0 Å². The van der Waals surface area contributed by atoms with Gasteiger partial charge in [0.15, 0.2) is 0 Å². The van der Waals surface area contributed by atoms with Gasteiger partial charge in [0, 0.05) is 19.7 Å². The summed E-state index contributed by atoms with van der Waals surface area (Å²) >= 11 is 0. The van der Waals surface area contributed by atoms with Crippen LogP contribution in [0.25, 0.3) is 0 Å². The monoisotopic (exact) mass is 186 g/mol. The second kappa shape index (κ2) is 4.58. The van der Waals surface area contributed by atoms with Gasteiger partial charge in [-0.3, -0.25) is 4.79 Å². The maximum absolute atomic E-state index is 11.4. The maximum atomic E-state index is 11.4. The van der Waals surface area contributed by atoms with Gasteiger partial charge in [0.2, 0.25) is 5.91 Å². The smallest absolute Gasteiger partial charge is 0.239 e. The topological polar surface area (TPSA) is 66.6 Å². The van der Waals surface area contributed by atoms with Crippen molar-refractivity contribution in [3.63, 3.8) is 0 Å². The van der Waals surface area contributed by atoms with Gasteiger partial charge in [-0.05, 0) is 25.7 Å². The number of amides is 1. The van der Waals surface area contributed by atoms with E-state index in [1.54, 1.807) is 11.8 Å². The van der Waals surface area contributed by atoms with Crippen molar-refractivity contribution in [2.24, 2.45) is 11.7 Å². The van der Waals surface area contributed by atoms with E-state index in [0.29, 0.717) is 5.92 Å². The minimum absolute atomic E-state index is 0.0282. The van der Waals surface area contributed by atoms with Crippen LogP contribution in [0.15, 0.2) is 0 Å². The molecular formula is C9H18N2O2. The summed E-state index contributed by atoms with van der Waals surface area (Å²) in [6.07, 6.45) is 1.79. The Bertz CT molecular complexity index is 182. The van der Waals surface area contributed by atoms with Crippen molar-refractivity contribution in [1.82, 2.24) is 4.90 Å². The number of hydrogen-bond acceptors (Lipinski definition) is 3. The zero-order chi connectivity index (χ0) is 9.84. The molecule has 2 unspecified atom stereocenters. The number of aliphatic hydroxyl groups is 1. The Morgan fingerprint density at radius 1 is 1.77 bits per heavy atom. The molecule has 0 bridgehead atoms. The number of nitrogens with zero attached hydrogens (tertiary/aromatic N) is 1. The highest BCUT2D eigenvalue weighted by molar-refractivity contribution is 5.81. The molecule has 3 N–H and O–H groups in total. The third kappa shape index (κ3) is 2.67. The number of likely N-dealkylation sites (tertiary alicyclic amines) is 1. The van der Waals surface area contributed by atoms with Crippen molar-refractivity contribution >= 4 is 5.91 Å². The number of carbonyl (C=O) groups excluding carboxylic acids is 1. The molecule has 1 rings (SSSR count). The number of carbonyl (C=O) groups is 1. The van der Waals surface area contributed by atoms with Crippen molar-refractivity contribution in [3.05, 3.63) is 0 Å². The van der Waals surface area contributed by atoms with Gasteiger partial charge in [0.25, 0.3) is 0 Å². The second-order valence-electron chi connectivity index (χ2n) is 3.74. The third-order valence-electron chi connectivity index (χ3n) is 2.52. The van der Waals surface area contributed by atoms with Gasteiger partial charge in [-0.25, -0.2) is 0 Å². The lowest BCUT2D eigenvalue weighted by molar-refractivity contribution is -0.131. The van der Waals surface area contributed by atoms with E-state index < -0.39 is 6.04 Å². The summed E-state index contributed by atoms with van der Waals surface area (Å²) in [5, 5.41) is 8.73. The number of hydrogen-bond donors (Lipinski definition) is 2. The highest BCUT2D eigenvalue weighted by Crippen LogP contribution is 2.19. The van der Waals surface area contributed by atoms with Gasteiger partial charge >= 0.3 is 0 Å². The van der Waals surface area contributed by atoms with Crippen LogP contribution in [0.4, 0.5) is 0 Å². The first kappa shape index (κ1) is 10.5. The maximum Gasteiger partial charge on any atom is 0.239 e. The van der Waals surface area contributed by atoms with E-state index in [9.17, 15) is 4.79 Å². The highest BCUT2D eigenvalue weighted by Gasteiger charge is 2.26.